The van der Waals surface area contributed by atoms with E-state index in [0.717, 1.165) is 6.20 Å². The zero-order chi connectivity index (χ0) is 15.0. The predicted octanol–water partition coefficient (Wildman–Crippen LogP) is -0.260. The summed E-state index contributed by atoms with van der Waals surface area (Å²) in [6, 6.07) is 6.96. The molecule has 0 spiro atoms. The number of hydrogen-bond donors (Lipinski definition) is 4. The number of nitrogens with one attached hydrogen (secondary N) is 4. The minimum atomic E-state index is -4.17. The average molecular weight is 307 g/mol. The maximum absolute atomic E-state index is 12.1. The van der Waals surface area contributed by atoms with Crippen molar-refractivity contribution < 1.29 is 8.42 Å². The molecule has 0 fully saturated rings. The number of hydrogen-bond acceptors (Lipinski definition) is 5. The second-order valence-electron chi connectivity index (χ2n) is 4.14. The SMILES string of the molecule is O=c1[nH]cc(S(=O)(=O)Nc2nc3ccccc3[nH]2)c(=O)[nH]1. The maximum Gasteiger partial charge on any atom is 0.325 e. The van der Waals surface area contributed by atoms with Gasteiger partial charge in [0.05, 0.1) is 11.0 Å². The minimum absolute atomic E-state index is 0.0261. The van der Waals surface area contributed by atoms with Crippen molar-refractivity contribution in [3.63, 3.8) is 0 Å². The molecule has 0 unspecified atom stereocenters. The summed E-state index contributed by atoms with van der Waals surface area (Å²) in [5, 5.41) is 0. The number of H-pyrrole nitrogens is 3. The van der Waals surface area contributed by atoms with E-state index in [-0.39, 0.29) is 5.95 Å². The Morgan fingerprint density at radius 2 is 1.86 bits per heavy atom. The molecule has 3 rings (SSSR count). The van der Waals surface area contributed by atoms with E-state index in [4.69, 9.17) is 0 Å². The molecule has 0 radical (unpaired) electrons. The predicted molar refractivity (Wildman–Crippen MR) is 74.6 cm³/mol. The van der Waals surface area contributed by atoms with E-state index in [1.165, 1.54) is 0 Å². The fourth-order valence-corrected chi connectivity index (χ4v) is 2.75. The highest BCUT2D eigenvalue weighted by Crippen LogP contribution is 2.15. The van der Waals surface area contributed by atoms with Crippen LogP contribution in [0.2, 0.25) is 0 Å². The zero-order valence-corrected chi connectivity index (χ0v) is 11.2. The van der Waals surface area contributed by atoms with Crippen LogP contribution in [0, 0.1) is 0 Å². The summed E-state index contributed by atoms with van der Waals surface area (Å²) in [6.07, 6.45) is 0.826. The lowest BCUT2D eigenvalue weighted by Gasteiger charge is -2.03. The van der Waals surface area contributed by atoms with Crippen LogP contribution >= 0.6 is 0 Å². The van der Waals surface area contributed by atoms with Crippen LogP contribution in [0.1, 0.15) is 0 Å². The van der Waals surface area contributed by atoms with Gasteiger partial charge in [-0.25, -0.2) is 22.9 Å². The number of sulfonamides is 1. The molecule has 0 bridgehead atoms. The van der Waals surface area contributed by atoms with E-state index in [2.05, 4.69) is 19.7 Å². The molecule has 4 N–H and O–H groups in total. The number of imidazole rings is 1. The Bertz CT molecular complexity index is 997. The fourth-order valence-electron chi connectivity index (χ4n) is 1.78. The number of para-hydroxylation sites is 2. The van der Waals surface area contributed by atoms with Crippen LogP contribution in [0.4, 0.5) is 5.95 Å². The molecule has 10 heteroatoms. The molecule has 0 aliphatic carbocycles. The third-order valence-electron chi connectivity index (χ3n) is 2.70. The molecule has 2 heterocycles. The summed E-state index contributed by atoms with van der Waals surface area (Å²) in [5.41, 5.74) is -0.582. The number of rotatable bonds is 3. The van der Waals surface area contributed by atoms with Gasteiger partial charge in [-0.1, -0.05) is 12.1 Å². The molecule has 21 heavy (non-hydrogen) atoms. The summed E-state index contributed by atoms with van der Waals surface area (Å²) in [4.78, 5) is 32.6. The summed E-state index contributed by atoms with van der Waals surface area (Å²) >= 11 is 0. The molecule has 0 saturated heterocycles. The highest BCUT2D eigenvalue weighted by Gasteiger charge is 2.20. The monoisotopic (exact) mass is 307 g/mol. The van der Waals surface area contributed by atoms with Gasteiger partial charge in [-0.3, -0.25) is 9.78 Å². The Labute approximate surface area is 117 Å². The summed E-state index contributed by atoms with van der Waals surface area (Å²) in [6.45, 7) is 0. The van der Waals surface area contributed by atoms with Crippen molar-refractivity contribution in [3.05, 3.63) is 51.3 Å². The standard InChI is InChI=1S/C11H9N5O4S/c17-9-8(5-12-11(18)15-9)21(19,20)16-10-13-6-3-1-2-4-7(6)14-10/h1-5H,(H2,13,14,16)(H2,12,15,17,18). The Morgan fingerprint density at radius 1 is 1.10 bits per heavy atom. The van der Waals surface area contributed by atoms with Crippen molar-refractivity contribution in [2.24, 2.45) is 0 Å². The Hall–Kier alpha value is -2.88. The number of aromatic nitrogens is 4. The van der Waals surface area contributed by atoms with Crippen LogP contribution in [0.5, 0.6) is 0 Å². The highest BCUT2D eigenvalue weighted by atomic mass is 32.2. The second kappa shape index (κ2) is 4.59. The van der Waals surface area contributed by atoms with Crippen molar-refractivity contribution in [2.75, 3.05) is 4.72 Å². The Morgan fingerprint density at radius 3 is 2.57 bits per heavy atom. The molecule has 9 nitrogen and oxygen atoms in total. The Balaban J connectivity index is 2.03. The van der Waals surface area contributed by atoms with Crippen LogP contribution in [-0.4, -0.2) is 28.4 Å². The van der Waals surface area contributed by atoms with Crippen LogP contribution < -0.4 is 16.0 Å². The summed E-state index contributed by atoms with van der Waals surface area (Å²) in [7, 11) is -4.17. The third-order valence-corrected chi connectivity index (χ3v) is 4.04. The molecule has 0 amide bonds. The fraction of sp³-hybridized carbons (Fsp3) is 0. The van der Waals surface area contributed by atoms with Crippen molar-refractivity contribution in [3.8, 4) is 0 Å². The smallest absolute Gasteiger partial charge is 0.323 e. The lowest BCUT2D eigenvalue weighted by atomic mass is 10.3. The van der Waals surface area contributed by atoms with Gasteiger partial charge in [-0.15, -0.1) is 0 Å². The number of benzene rings is 1. The van der Waals surface area contributed by atoms with Crippen LogP contribution in [-0.2, 0) is 10.0 Å². The van der Waals surface area contributed by atoms with E-state index in [1.807, 2.05) is 4.98 Å². The first kappa shape index (κ1) is 13.1. The molecule has 3 aromatic rings. The molecule has 0 aliphatic rings. The van der Waals surface area contributed by atoms with Crippen molar-refractivity contribution in [2.45, 2.75) is 4.90 Å². The first-order chi connectivity index (χ1) is 9.95. The highest BCUT2D eigenvalue weighted by molar-refractivity contribution is 7.92. The van der Waals surface area contributed by atoms with Gasteiger partial charge in [-0.2, -0.15) is 0 Å². The lowest BCUT2D eigenvalue weighted by Crippen LogP contribution is -2.29. The van der Waals surface area contributed by atoms with Gasteiger partial charge < -0.3 is 9.97 Å². The largest absolute Gasteiger partial charge is 0.325 e. The maximum atomic E-state index is 12.1. The third kappa shape index (κ3) is 2.43. The van der Waals surface area contributed by atoms with Crippen molar-refractivity contribution in [1.29, 1.82) is 0 Å². The lowest BCUT2D eigenvalue weighted by molar-refractivity contribution is 0.598. The first-order valence-electron chi connectivity index (χ1n) is 5.75. The minimum Gasteiger partial charge on any atom is -0.323 e. The summed E-state index contributed by atoms with van der Waals surface area (Å²) in [5.74, 6) is -0.0261. The van der Waals surface area contributed by atoms with Gasteiger partial charge >= 0.3 is 5.69 Å². The van der Waals surface area contributed by atoms with E-state index >= 15 is 0 Å². The zero-order valence-electron chi connectivity index (χ0n) is 10.4. The molecular formula is C11H9N5O4S. The second-order valence-corrected chi connectivity index (χ2v) is 5.80. The van der Waals surface area contributed by atoms with E-state index in [0.29, 0.717) is 11.0 Å². The van der Waals surface area contributed by atoms with Gasteiger partial charge in [0.1, 0.15) is 0 Å². The van der Waals surface area contributed by atoms with E-state index in [1.54, 1.807) is 24.3 Å². The molecule has 0 atom stereocenters. The van der Waals surface area contributed by atoms with Gasteiger partial charge in [0.2, 0.25) is 5.95 Å². The number of anilines is 1. The van der Waals surface area contributed by atoms with Gasteiger partial charge in [-0.05, 0) is 12.1 Å². The average Bonchev–Trinajstić information content (AvgIpc) is 2.79. The number of aromatic amines is 3. The first-order valence-corrected chi connectivity index (χ1v) is 7.23. The quantitative estimate of drug-likeness (QED) is 0.527. The molecule has 1 aromatic carbocycles. The molecular weight excluding hydrogens is 298 g/mol. The molecule has 108 valence electrons. The van der Waals surface area contributed by atoms with E-state index < -0.39 is 26.2 Å². The van der Waals surface area contributed by atoms with Crippen molar-refractivity contribution >= 4 is 27.0 Å². The number of fused-ring (bicyclic) bond motifs is 1. The molecule has 2 aromatic heterocycles. The Kier molecular flexibility index (Phi) is 2.87. The van der Waals surface area contributed by atoms with Gasteiger partial charge in [0.15, 0.2) is 4.90 Å². The van der Waals surface area contributed by atoms with Crippen LogP contribution in [0.3, 0.4) is 0 Å². The summed E-state index contributed by atoms with van der Waals surface area (Å²) < 4.78 is 26.3. The van der Waals surface area contributed by atoms with Crippen LogP contribution in [0.15, 0.2) is 44.9 Å². The van der Waals surface area contributed by atoms with Gasteiger partial charge in [0, 0.05) is 6.20 Å². The van der Waals surface area contributed by atoms with Crippen LogP contribution in [0.25, 0.3) is 11.0 Å². The van der Waals surface area contributed by atoms with E-state index in [9.17, 15) is 18.0 Å². The van der Waals surface area contributed by atoms with Crippen molar-refractivity contribution in [1.82, 2.24) is 19.9 Å². The molecule has 0 aliphatic heterocycles. The number of nitrogens with zero attached hydrogens (tertiary/aromatic N) is 1. The molecule has 0 saturated carbocycles. The normalized spacial score (nSPS) is 11.6. The van der Waals surface area contributed by atoms with Gasteiger partial charge in [0.25, 0.3) is 15.6 Å². The topological polar surface area (TPSA) is 141 Å².